The molecule has 0 aliphatic heterocycles. The van der Waals surface area contributed by atoms with Gasteiger partial charge in [0.2, 0.25) is 0 Å². The summed E-state index contributed by atoms with van der Waals surface area (Å²) in [5.41, 5.74) is 3.24. The lowest BCUT2D eigenvalue weighted by atomic mass is 10.0. The van der Waals surface area contributed by atoms with E-state index >= 15 is 0 Å². The second-order valence-electron chi connectivity index (χ2n) is 2.93. The number of aromatic hydroxyl groups is 1. The monoisotopic (exact) mass is 166 g/mol. The topological polar surface area (TPSA) is 20.2 Å². The van der Waals surface area contributed by atoms with Crippen LogP contribution >= 0.6 is 0 Å². The lowest BCUT2D eigenvalue weighted by Gasteiger charge is -2.05. The van der Waals surface area contributed by atoms with Gasteiger partial charge in [-0.05, 0) is 37.0 Å². The molecule has 0 fully saturated rings. The van der Waals surface area contributed by atoms with Gasteiger partial charge in [0.1, 0.15) is 5.75 Å². The third-order valence-electron chi connectivity index (χ3n) is 1.96. The van der Waals surface area contributed by atoms with E-state index in [9.17, 15) is 5.11 Å². The zero-order chi connectivity index (χ0) is 8.43. The Morgan fingerprint density at radius 1 is 1.17 bits per heavy atom. The Balaban J connectivity index is 0.00000121. The maximum Gasteiger partial charge on any atom is 0.121 e. The molecule has 0 radical (unpaired) electrons. The molecule has 0 saturated carbocycles. The summed E-state index contributed by atoms with van der Waals surface area (Å²) < 4.78 is 0. The van der Waals surface area contributed by atoms with Crippen molar-refractivity contribution in [3.05, 3.63) is 28.8 Å². The molecule has 1 rings (SSSR count). The fourth-order valence-corrected chi connectivity index (χ4v) is 1.25. The highest BCUT2D eigenvalue weighted by atomic mass is 16.3. The third kappa shape index (κ3) is 2.00. The lowest BCUT2D eigenvalue weighted by Crippen LogP contribution is -1.85. The van der Waals surface area contributed by atoms with Crippen LogP contribution in [0.1, 0.15) is 31.0 Å². The predicted octanol–water partition coefficient (Wildman–Crippen LogP) is 3.21. The van der Waals surface area contributed by atoms with Gasteiger partial charge >= 0.3 is 0 Å². The molecule has 1 N–H and O–H groups in total. The Kier molecular flexibility index (Phi) is 3.81. The van der Waals surface area contributed by atoms with Crippen LogP contribution in [0, 0.1) is 13.8 Å². The van der Waals surface area contributed by atoms with Gasteiger partial charge in [-0.2, -0.15) is 0 Å². The van der Waals surface area contributed by atoms with E-state index in [4.69, 9.17) is 0 Å². The van der Waals surface area contributed by atoms with E-state index in [0.29, 0.717) is 5.75 Å². The molecule has 1 aromatic rings. The molecular weight excluding hydrogens is 148 g/mol. The Bertz CT molecular complexity index is 241. The number of aryl methyl sites for hydroxylation is 3. The van der Waals surface area contributed by atoms with Crippen molar-refractivity contribution in [2.24, 2.45) is 0 Å². The van der Waals surface area contributed by atoms with E-state index in [-0.39, 0.29) is 7.43 Å². The summed E-state index contributed by atoms with van der Waals surface area (Å²) in [7, 11) is 0. The SMILES string of the molecule is C.CCc1cc(C)c(O)c(C)c1. The number of phenols is 1. The summed E-state index contributed by atoms with van der Waals surface area (Å²) in [6.45, 7) is 5.98. The van der Waals surface area contributed by atoms with Crippen molar-refractivity contribution in [2.45, 2.75) is 34.6 Å². The quantitative estimate of drug-likeness (QED) is 0.679. The highest BCUT2D eigenvalue weighted by Gasteiger charge is 2.00. The first-order valence-electron chi connectivity index (χ1n) is 3.94. The first-order chi connectivity index (χ1) is 5.15. The molecule has 1 nitrogen and oxygen atoms in total. The van der Waals surface area contributed by atoms with Crippen LogP contribution in [0.5, 0.6) is 5.75 Å². The largest absolute Gasteiger partial charge is 0.507 e. The first-order valence-corrected chi connectivity index (χ1v) is 3.94. The number of phenolic OH excluding ortho intramolecular Hbond substituents is 1. The molecule has 0 bridgehead atoms. The van der Waals surface area contributed by atoms with Crippen LogP contribution in [0.3, 0.4) is 0 Å². The second-order valence-corrected chi connectivity index (χ2v) is 2.93. The fourth-order valence-electron chi connectivity index (χ4n) is 1.25. The van der Waals surface area contributed by atoms with Crippen LogP contribution in [-0.4, -0.2) is 5.11 Å². The van der Waals surface area contributed by atoms with Gasteiger partial charge in [-0.3, -0.25) is 0 Å². The van der Waals surface area contributed by atoms with Crippen LogP contribution < -0.4 is 0 Å². The lowest BCUT2D eigenvalue weighted by molar-refractivity contribution is 0.466. The van der Waals surface area contributed by atoms with E-state index in [1.807, 2.05) is 26.0 Å². The highest BCUT2D eigenvalue weighted by Crippen LogP contribution is 2.22. The van der Waals surface area contributed by atoms with Crippen molar-refractivity contribution >= 4 is 0 Å². The zero-order valence-corrected chi connectivity index (χ0v) is 7.31. The van der Waals surface area contributed by atoms with E-state index < -0.39 is 0 Å². The van der Waals surface area contributed by atoms with Crippen LogP contribution in [0.15, 0.2) is 12.1 Å². The van der Waals surface area contributed by atoms with Crippen molar-refractivity contribution < 1.29 is 5.11 Å². The molecule has 0 aliphatic rings. The summed E-state index contributed by atoms with van der Waals surface area (Å²) in [6.07, 6.45) is 1.03. The smallest absolute Gasteiger partial charge is 0.121 e. The summed E-state index contributed by atoms with van der Waals surface area (Å²) in [5, 5.41) is 9.43. The maximum absolute atomic E-state index is 9.43. The number of hydrogen-bond donors (Lipinski definition) is 1. The highest BCUT2D eigenvalue weighted by molar-refractivity contribution is 5.41. The average Bonchev–Trinajstić information content (AvgIpc) is 1.99. The Hall–Kier alpha value is -0.980. The summed E-state index contributed by atoms with van der Waals surface area (Å²) >= 11 is 0. The third-order valence-corrected chi connectivity index (χ3v) is 1.96. The normalized spacial score (nSPS) is 9.25. The standard InChI is InChI=1S/C10H14O.CH4/c1-4-9-5-7(2)10(11)8(3)6-9;/h5-6,11H,4H2,1-3H3;1H4. The summed E-state index contributed by atoms with van der Waals surface area (Å²) in [4.78, 5) is 0. The second kappa shape index (κ2) is 4.15. The van der Waals surface area contributed by atoms with Crippen LogP contribution in [-0.2, 0) is 6.42 Å². The molecule has 0 aromatic heterocycles. The van der Waals surface area contributed by atoms with E-state index in [1.54, 1.807) is 0 Å². The van der Waals surface area contributed by atoms with Gasteiger partial charge in [0.05, 0.1) is 0 Å². The van der Waals surface area contributed by atoms with E-state index in [1.165, 1.54) is 5.56 Å². The number of hydrogen-bond acceptors (Lipinski definition) is 1. The van der Waals surface area contributed by atoms with Gasteiger partial charge < -0.3 is 5.11 Å². The van der Waals surface area contributed by atoms with Gasteiger partial charge in [-0.15, -0.1) is 0 Å². The Labute approximate surface area is 75.1 Å². The van der Waals surface area contributed by atoms with Crippen LogP contribution in [0.25, 0.3) is 0 Å². The number of benzene rings is 1. The average molecular weight is 166 g/mol. The molecule has 68 valence electrons. The first kappa shape index (κ1) is 11.0. The summed E-state index contributed by atoms with van der Waals surface area (Å²) in [6, 6.07) is 4.06. The molecule has 12 heavy (non-hydrogen) atoms. The molecule has 0 saturated heterocycles. The predicted molar refractivity (Wildman–Crippen MR) is 53.7 cm³/mol. The van der Waals surface area contributed by atoms with Gasteiger partial charge in [-0.25, -0.2) is 0 Å². The van der Waals surface area contributed by atoms with Gasteiger partial charge in [0, 0.05) is 0 Å². The summed E-state index contributed by atoms with van der Waals surface area (Å²) in [5.74, 6) is 0.433. The van der Waals surface area contributed by atoms with Gasteiger partial charge in [0.15, 0.2) is 0 Å². The molecule has 1 aromatic carbocycles. The molecular formula is C11H18O. The zero-order valence-electron chi connectivity index (χ0n) is 7.31. The van der Waals surface area contributed by atoms with Gasteiger partial charge in [0.25, 0.3) is 0 Å². The molecule has 0 spiro atoms. The van der Waals surface area contributed by atoms with Crippen LogP contribution in [0.4, 0.5) is 0 Å². The molecule has 0 aliphatic carbocycles. The Morgan fingerprint density at radius 2 is 1.58 bits per heavy atom. The van der Waals surface area contributed by atoms with E-state index in [0.717, 1.165) is 17.5 Å². The minimum atomic E-state index is 0. The van der Waals surface area contributed by atoms with Crippen molar-refractivity contribution in [2.75, 3.05) is 0 Å². The van der Waals surface area contributed by atoms with E-state index in [2.05, 4.69) is 6.92 Å². The molecule has 0 amide bonds. The van der Waals surface area contributed by atoms with Crippen LogP contribution in [0.2, 0.25) is 0 Å². The molecule has 0 heterocycles. The minimum Gasteiger partial charge on any atom is -0.507 e. The van der Waals surface area contributed by atoms with Crippen molar-refractivity contribution in [3.63, 3.8) is 0 Å². The Morgan fingerprint density at radius 3 is 1.92 bits per heavy atom. The maximum atomic E-state index is 9.43. The molecule has 0 atom stereocenters. The van der Waals surface area contributed by atoms with Gasteiger partial charge in [-0.1, -0.05) is 26.5 Å². The fraction of sp³-hybridized carbons (Fsp3) is 0.455. The van der Waals surface area contributed by atoms with Crippen molar-refractivity contribution in [1.29, 1.82) is 0 Å². The van der Waals surface area contributed by atoms with Crippen molar-refractivity contribution in [1.82, 2.24) is 0 Å². The molecule has 1 heteroatoms. The van der Waals surface area contributed by atoms with Crippen molar-refractivity contribution in [3.8, 4) is 5.75 Å². The number of rotatable bonds is 1. The molecule has 0 unspecified atom stereocenters. The minimum absolute atomic E-state index is 0.